The molecule has 0 bridgehead atoms. The van der Waals surface area contributed by atoms with Gasteiger partial charge in [0.1, 0.15) is 0 Å². The Labute approximate surface area is 130 Å². The van der Waals surface area contributed by atoms with Crippen LogP contribution in [0.1, 0.15) is 44.4 Å². The van der Waals surface area contributed by atoms with Crippen molar-refractivity contribution in [2.45, 2.75) is 39.7 Å². The van der Waals surface area contributed by atoms with Crippen LogP contribution in [-0.4, -0.2) is 33.5 Å². The maximum Gasteiger partial charge on any atom is 0.0700 e. The molecule has 1 atom stereocenters. The lowest BCUT2D eigenvalue weighted by atomic mass is 10.00. The van der Waals surface area contributed by atoms with E-state index in [4.69, 9.17) is 9.47 Å². The molecular formula is C18H31NO2. The summed E-state index contributed by atoms with van der Waals surface area (Å²) in [7, 11) is 1.69. The van der Waals surface area contributed by atoms with E-state index >= 15 is 0 Å². The van der Waals surface area contributed by atoms with Crippen molar-refractivity contribution in [1.29, 1.82) is 0 Å². The van der Waals surface area contributed by atoms with E-state index in [1.807, 2.05) is 0 Å². The van der Waals surface area contributed by atoms with Gasteiger partial charge in [0.2, 0.25) is 0 Å². The van der Waals surface area contributed by atoms with Gasteiger partial charge in [0.25, 0.3) is 0 Å². The molecule has 1 aromatic rings. The zero-order chi connectivity index (χ0) is 15.5. The van der Waals surface area contributed by atoms with Gasteiger partial charge in [-0.2, -0.15) is 0 Å². The van der Waals surface area contributed by atoms with Gasteiger partial charge in [-0.15, -0.1) is 0 Å². The fourth-order valence-electron chi connectivity index (χ4n) is 2.27. The van der Waals surface area contributed by atoms with Crippen LogP contribution in [0.15, 0.2) is 24.3 Å². The molecule has 0 saturated carbocycles. The van der Waals surface area contributed by atoms with Gasteiger partial charge in [-0.1, -0.05) is 38.1 Å². The highest BCUT2D eigenvalue weighted by molar-refractivity contribution is 5.25. The number of rotatable bonds is 11. The van der Waals surface area contributed by atoms with Crippen LogP contribution >= 0.6 is 0 Å². The van der Waals surface area contributed by atoms with Gasteiger partial charge in [-0.25, -0.2) is 0 Å². The van der Waals surface area contributed by atoms with E-state index in [2.05, 4.69) is 50.4 Å². The standard InChI is InChI=1S/C18H31NO2/c1-15(2)14-17-6-8-18(9-7-17)16(3)19-10-5-11-21-13-12-20-4/h6-9,15-16,19H,5,10-14H2,1-4H3. The smallest absolute Gasteiger partial charge is 0.0700 e. The summed E-state index contributed by atoms with van der Waals surface area (Å²) < 4.78 is 10.4. The molecule has 3 heteroatoms. The van der Waals surface area contributed by atoms with Gasteiger partial charge in [0.05, 0.1) is 13.2 Å². The van der Waals surface area contributed by atoms with E-state index in [1.165, 1.54) is 11.1 Å². The predicted molar refractivity (Wildman–Crippen MR) is 88.7 cm³/mol. The molecule has 21 heavy (non-hydrogen) atoms. The number of benzene rings is 1. The van der Waals surface area contributed by atoms with Crippen LogP contribution in [-0.2, 0) is 15.9 Å². The Bertz CT molecular complexity index is 362. The zero-order valence-electron chi connectivity index (χ0n) is 14.0. The third-order valence-electron chi connectivity index (χ3n) is 3.47. The molecule has 0 aliphatic carbocycles. The average Bonchev–Trinajstić information content (AvgIpc) is 2.46. The molecule has 3 nitrogen and oxygen atoms in total. The first-order valence-electron chi connectivity index (χ1n) is 8.02. The van der Waals surface area contributed by atoms with E-state index in [0.29, 0.717) is 25.2 Å². The van der Waals surface area contributed by atoms with Crippen LogP contribution in [0.4, 0.5) is 0 Å². The maximum atomic E-state index is 5.45. The van der Waals surface area contributed by atoms with Gasteiger partial charge < -0.3 is 14.8 Å². The number of ether oxygens (including phenoxy) is 2. The minimum Gasteiger partial charge on any atom is -0.382 e. The van der Waals surface area contributed by atoms with Gasteiger partial charge in [0, 0.05) is 19.8 Å². The molecule has 1 aromatic carbocycles. The van der Waals surface area contributed by atoms with Crippen molar-refractivity contribution in [2.75, 3.05) is 33.5 Å². The molecule has 1 N–H and O–H groups in total. The summed E-state index contributed by atoms with van der Waals surface area (Å²) in [5.41, 5.74) is 2.77. The van der Waals surface area contributed by atoms with Crippen LogP contribution in [0.25, 0.3) is 0 Å². The lowest BCUT2D eigenvalue weighted by Crippen LogP contribution is -2.21. The van der Waals surface area contributed by atoms with Crippen molar-refractivity contribution in [3.05, 3.63) is 35.4 Å². The van der Waals surface area contributed by atoms with Gasteiger partial charge >= 0.3 is 0 Å². The zero-order valence-corrected chi connectivity index (χ0v) is 14.0. The Hall–Kier alpha value is -0.900. The normalized spacial score (nSPS) is 12.8. The highest BCUT2D eigenvalue weighted by Crippen LogP contribution is 2.15. The lowest BCUT2D eigenvalue weighted by Gasteiger charge is -2.15. The van der Waals surface area contributed by atoms with Crippen LogP contribution in [0.5, 0.6) is 0 Å². The molecule has 0 aromatic heterocycles. The Morgan fingerprint density at radius 3 is 2.33 bits per heavy atom. The Morgan fingerprint density at radius 2 is 1.71 bits per heavy atom. The lowest BCUT2D eigenvalue weighted by molar-refractivity contribution is 0.0693. The summed E-state index contributed by atoms with van der Waals surface area (Å²) in [6.45, 7) is 9.84. The number of hydrogen-bond donors (Lipinski definition) is 1. The molecule has 0 fully saturated rings. The summed E-state index contributed by atoms with van der Waals surface area (Å²) in [6.07, 6.45) is 2.18. The molecule has 0 radical (unpaired) electrons. The highest BCUT2D eigenvalue weighted by atomic mass is 16.5. The average molecular weight is 293 g/mol. The largest absolute Gasteiger partial charge is 0.382 e. The Balaban J connectivity index is 2.21. The summed E-state index contributed by atoms with van der Waals surface area (Å²) in [5.74, 6) is 0.713. The van der Waals surface area contributed by atoms with Crippen LogP contribution in [0.2, 0.25) is 0 Å². The van der Waals surface area contributed by atoms with Crippen molar-refractivity contribution in [3.8, 4) is 0 Å². The molecule has 1 rings (SSSR count). The minimum absolute atomic E-state index is 0.386. The third-order valence-corrected chi connectivity index (χ3v) is 3.47. The Morgan fingerprint density at radius 1 is 1.00 bits per heavy atom. The molecular weight excluding hydrogens is 262 g/mol. The second-order valence-corrected chi connectivity index (χ2v) is 5.97. The van der Waals surface area contributed by atoms with Crippen LogP contribution in [0.3, 0.4) is 0 Å². The van der Waals surface area contributed by atoms with Crippen molar-refractivity contribution < 1.29 is 9.47 Å². The molecule has 0 amide bonds. The van der Waals surface area contributed by atoms with Gasteiger partial charge in [-0.3, -0.25) is 0 Å². The first kappa shape index (κ1) is 18.1. The minimum atomic E-state index is 0.386. The SMILES string of the molecule is COCCOCCCNC(C)c1ccc(CC(C)C)cc1. The first-order chi connectivity index (χ1) is 10.1. The quantitative estimate of drug-likeness (QED) is 0.633. The van der Waals surface area contributed by atoms with Crippen molar-refractivity contribution in [1.82, 2.24) is 5.32 Å². The van der Waals surface area contributed by atoms with E-state index in [-0.39, 0.29) is 0 Å². The first-order valence-corrected chi connectivity index (χ1v) is 8.02. The maximum absolute atomic E-state index is 5.45. The predicted octanol–water partition coefficient (Wildman–Crippen LogP) is 3.59. The number of nitrogens with one attached hydrogen (secondary N) is 1. The summed E-state index contributed by atoms with van der Waals surface area (Å²) in [5, 5.41) is 3.54. The topological polar surface area (TPSA) is 30.5 Å². The van der Waals surface area contributed by atoms with Gasteiger partial charge in [0.15, 0.2) is 0 Å². The molecule has 0 aliphatic rings. The van der Waals surface area contributed by atoms with E-state index < -0.39 is 0 Å². The highest BCUT2D eigenvalue weighted by Gasteiger charge is 2.05. The molecule has 0 spiro atoms. The molecule has 0 saturated heterocycles. The monoisotopic (exact) mass is 293 g/mol. The van der Waals surface area contributed by atoms with Crippen molar-refractivity contribution in [3.63, 3.8) is 0 Å². The third kappa shape index (κ3) is 8.20. The molecule has 1 unspecified atom stereocenters. The van der Waals surface area contributed by atoms with Crippen LogP contribution < -0.4 is 5.32 Å². The Kier molecular flexibility index (Phi) is 9.31. The number of methoxy groups -OCH3 is 1. The van der Waals surface area contributed by atoms with E-state index in [9.17, 15) is 0 Å². The summed E-state index contributed by atoms with van der Waals surface area (Å²) in [4.78, 5) is 0. The van der Waals surface area contributed by atoms with Crippen molar-refractivity contribution >= 4 is 0 Å². The fourth-order valence-corrected chi connectivity index (χ4v) is 2.27. The van der Waals surface area contributed by atoms with Gasteiger partial charge in [-0.05, 0) is 43.4 Å². The second-order valence-electron chi connectivity index (χ2n) is 5.97. The molecule has 0 aliphatic heterocycles. The van der Waals surface area contributed by atoms with E-state index in [0.717, 1.165) is 26.0 Å². The molecule has 120 valence electrons. The molecule has 0 heterocycles. The second kappa shape index (κ2) is 10.8. The van der Waals surface area contributed by atoms with Crippen molar-refractivity contribution in [2.24, 2.45) is 5.92 Å². The summed E-state index contributed by atoms with van der Waals surface area (Å²) >= 11 is 0. The number of hydrogen-bond acceptors (Lipinski definition) is 3. The fraction of sp³-hybridized carbons (Fsp3) is 0.667. The van der Waals surface area contributed by atoms with Crippen LogP contribution in [0, 0.1) is 5.92 Å². The summed E-state index contributed by atoms with van der Waals surface area (Å²) in [6, 6.07) is 9.37. The van der Waals surface area contributed by atoms with E-state index in [1.54, 1.807) is 7.11 Å².